The van der Waals surface area contributed by atoms with Gasteiger partial charge in [-0.1, -0.05) is 12.1 Å². The van der Waals surface area contributed by atoms with E-state index in [1.54, 1.807) is 50.6 Å². The van der Waals surface area contributed by atoms with E-state index in [1.807, 2.05) is 43.3 Å². The zero-order valence-corrected chi connectivity index (χ0v) is 16.6. The Kier molecular flexibility index (Phi) is 6.53. The lowest BCUT2D eigenvalue weighted by Crippen LogP contribution is -2.07. The number of nitrogens with one attached hydrogen (secondary N) is 1. The van der Waals surface area contributed by atoms with E-state index >= 15 is 0 Å². The summed E-state index contributed by atoms with van der Waals surface area (Å²) in [7, 11) is 3.17. The molecule has 3 rings (SSSR count). The van der Waals surface area contributed by atoms with Crippen LogP contribution < -0.4 is 19.5 Å². The molecule has 0 spiro atoms. The van der Waals surface area contributed by atoms with Crippen LogP contribution in [0.4, 0.5) is 5.69 Å². The summed E-state index contributed by atoms with van der Waals surface area (Å²) in [6.07, 6.45) is 3.14. The van der Waals surface area contributed by atoms with E-state index in [0.717, 1.165) is 16.9 Å². The molecule has 0 fully saturated rings. The lowest BCUT2D eigenvalue weighted by Gasteiger charge is -2.08. The lowest BCUT2D eigenvalue weighted by atomic mass is 10.1. The Morgan fingerprint density at radius 2 is 1.62 bits per heavy atom. The van der Waals surface area contributed by atoms with Gasteiger partial charge in [0.05, 0.1) is 14.2 Å². The van der Waals surface area contributed by atoms with Crippen LogP contribution in [0.5, 0.6) is 23.0 Å². The number of aryl methyl sites for hydroxylation is 1. The van der Waals surface area contributed by atoms with Crippen LogP contribution in [-0.2, 0) is 4.79 Å². The first-order valence-electron chi connectivity index (χ1n) is 9.13. The van der Waals surface area contributed by atoms with Crippen molar-refractivity contribution in [1.82, 2.24) is 0 Å². The van der Waals surface area contributed by atoms with Gasteiger partial charge < -0.3 is 19.5 Å². The summed E-state index contributed by atoms with van der Waals surface area (Å²) >= 11 is 0. The second-order valence-corrected chi connectivity index (χ2v) is 6.37. The summed E-state index contributed by atoms with van der Waals surface area (Å²) in [6, 6.07) is 20.4. The number of hydrogen-bond acceptors (Lipinski definition) is 4. The van der Waals surface area contributed by atoms with Gasteiger partial charge in [-0.25, -0.2) is 0 Å². The van der Waals surface area contributed by atoms with Gasteiger partial charge in [-0.2, -0.15) is 0 Å². The van der Waals surface area contributed by atoms with Crippen molar-refractivity contribution in [3.63, 3.8) is 0 Å². The van der Waals surface area contributed by atoms with E-state index in [4.69, 9.17) is 14.2 Å². The van der Waals surface area contributed by atoms with Crippen molar-refractivity contribution in [2.45, 2.75) is 6.92 Å². The van der Waals surface area contributed by atoms with Gasteiger partial charge in [0.1, 0.15) is 23.0 Å². The summed E-state index contributed by atoms with van der Waals surface area (Å²) in [5.41, 5.74) is 2.56. The van der Waals surface area contributed by atoms with Crippen molar-refractivity contribution in [2.75, 3.05) is 19.5 Å². The Morgan fingerprint density at radius 3 is 2.31 bits per heavy atom. The minimum absolute atomic E-state index is 0.248. The van der Waals surface area contributed by atoms with E-state index in [2.05, 4.69) is 5.32 Å². The van der Waals surface area contributed by atoms with Crippen LogP contribution >= 0.6 is 0 Å². The molecule has 3 aromatic rings. The number of rotatable bonds is 7. The maximum atomic E-state index is 12.3. The van der Waals surface area contributed by atoms with Gasteiger partial charge in [-0.15, -0.1) is 0 Å². The lowest BCUT2D eigenvalue weighted by molar-refractivity contribution is -0.111. The van der Waals surface area contributed by atoms with Crippen molar-refractivity contribution < 1.29 is 19.0 Å². The SMILES string of the molecule is COc1ccc(OC)c(/C=C/C(=O)Nc2ccc(Oc3cccc(C)c3)cc2)c1. The number of carbonyl (C=O) groups is 1. The Morgan fingerprint density at radius 1 is 0.862 bits per heavy atom. The quantitative estimate of drug-likeness (QED) is 0.546. The summed E-state index contributed by atoms with van der Waals surface area (Å²) in [5, 5.41) is 2.83. The average Bonchev–Trinajstić information content (AvgIpc) is 2.73. The summed E-state index contributed by atoms with van der Waals surface area (Å²) < 4.78 is 16.3. The van der Waals surface area contributed by atoms with E-state index < -0.39 is 0 Å². The maximum absolute atomic E-state index is 12.3. The monoisotopic (exact) mass is 389 g/mol. The fourth-order valence-electron chi connectivity index (χ4n) is 2.74. The predicted molar refractivity (Wildman–Crippen MR) is 115 cm³/mol. The molecule has 0 aromatic heterocycles. The molecule has 0 unspecified atom stereocenters. The van der Waals surface area contributed by atoms with E-state index in [9.17, 15) is 4.79 Å². The highest BCUT2D eigenvalue weighted by atomic mass is 16.5. The van der Waals surface area contributed by atoms with Crippen LogP contribution in [0.15, 0.2) is 72.8 Å². The van der Waals surface area contributed by atoms with Crippen LogP contribution in [0, 0.1) is 6.92 Å². The van der Waals surface area contributed by atoms with Gasteiger partial charge in [0.2, 0.25) is 5.91 Å². The molecule has 148 valence electrons. The van der Waals surface area contributed by atoms with Gasteiger partial charge >= 0.3 is 0 Å². The highest BCUT2D eigenvalue weighted by Crippen LogP contribution is 2.26. The third-order valence-electron chi connectivity index (χ3n) is 4.20. The fraction of sp³-hybridized carbons (Fsp3) is 0.125. The zero-order valence-electron chi connectivity index (χ0n) is 16.6. The van der Waals surface area contributed by atoms with E-state index in [1.165, 1.54) is 6.08 Å². The van der Waals surface area contributed by atoms with Crippen LogP contribution in [0.3, 0.4) is 0 Å². The number of amides is 1. The molecule has 0 bridgehead atoms. The Bertz CT molecular complexity index is 1010. The molecule has 0 aliphatic rings. The Labute approximate surface area is 170 Å². The first-order chi connectivity index (χ1) is 14.1. The summed E-state index contributed by atoms with van der Waals surface area (Å²) in [4.78, 5) is 12.3. The number of ether oxygens (including phenoxy) is 3. The second kappa shape index (κ2) is 9.46. The standard InChI is InChI=1S/C24H23NO4/c1-17-5-4-6-22(15-17)29-20-10-8-19(9-11-20)25-24(26)14-7-18-16-21(27-2)12-13-23(18)28-3/h4-16H,1-3H3,(H,25,26)/b14-7+. The van der Waals surface area contributed by atoms with Crippen LogP contribution in [0.25, 0.3) is 6.08 Å². The molecule has 0 saturated carbocycles. The first-order valence-corrected chi connectivity index (χ1v) is 9.13. The van der Waals surface area contributed by atoms with Gasteiger partial charge in [0, 0.05) is 17.3 Å². The smallest absolute Gasteiger partial charge is 0.248 e. The van der Waals surface area contributed by atoms with Gasteiger partial charge in [0.15, 0.2) is 0 Å². The van der Waals surface area contributed by atoms with Gasteiger partial charge in [0.25, 0.3) is 0 Å². The number of anilines is 1. The number of hydrogen-bond donors (Lipinski definition) is 1. The highest BCUT2D eigenvalue weighted by molar-refractivity contribution is 6.02. The minimum Gasteiger partial charge on any atom is -0.497 e. The maximum Gasteiger partial charge on any atom is 0.248 e. The molecule has 5 nitrogen and oxygen atoms in total. The molecule has 1 N–H and O–H groups in total. The van der Waals surface area contributed by atoms with Crippen molar-refractivity contribution in [3.8, 4) is 23.0 Å². The topological polar surface area (TPSA) is 56.8 Å². The molecule has 0 heterocycles. The van der Waals surface area contributed by atoms with Crippen LogP contribution in [0.1, 0.15) is 11.1 Å². The molecule has 0 atom stereocenters. The van der Waals surface area contributed by atoms with E-state index in [-0.39, 0.29) is 5.91 Å². The third kappa shape index (κ3) is 5.62. The van der Waals surface area contributed by atoms with Crippen molar-refractivity contribution in [2.24, 2.45) is 0 Å². The molecule has 29 heavy (non-hydrogen) atoms. The molecule has 5 heteroatoms. The molecule has 0 aliphatic heterocycles. The number of benzene rings is 3. The largest absolute Gasteiger partial charge is 0.497 e. The zero-order chi connectivity index (χ0) is 20.6. The molecule has 0 radical (unpaired) electrons. The summed E-state index contributed by atoms with van der Waals surface area (Å²) in [6.45, 7) is 2.01. The van der Waals surface area contributed by atoms with Crippen LogP contribution in [0.2, 0.25) is 0 Å². The van der Waals surface area contributed by atoms with Gasteiger partial charge in [-0.3, -0.25) is 4.79 Å². The van der Waals surface area contributed by atoms with Crippen molar-refractivity contribution in [1.29, 1.82) is 0 Å². The second-order valence-electron chi connectivity index (χ2n) is 6.37. The number of methoxy groups -OCH3 is 2. The van der Waals surface area contributed by atoms with E-state index in [0.29, 0.717) is 22.9 Å². The average molecular weight is 389 g/mol. The fourth-order valence-corrected chi connectivity index (χ4v) is 2.74. The molecule has 1 amide bonds. The Hall–Kier alpha value is -3.73. The molecule has 3 aromatic carbocycles. The van der Waals surface area contributed by atoms with Crippen LogP contribution in [-0.4, -0.2) is 20.1 Å². The van der Waals surface area contributed by atoms with Crippen molar-refractivity contribution >= 4 is 17.7 Å². The highest BCUT2D eigenvalue weighted by Gasteiger charge is 2.04. The first kappa shape index (κ1) is 20.0. The van der Waals surface area contributed by atoms with Crippen molar-refractivity contribution in [3.05, 3.63) is 83.9 Å². The van der Waals surface area contributed by atoms with Gasteiger partial charge in [-0.05, 0) is 73.2 Å². The summed E-state index contributed by atoms with van der Waals surface area (Å²) in [5.74, 6) is 2.58. The normalized spacial score (nSPS) is 10.6. The molecule has 0 saturated heterocycles. The predicted octanol–water partition coefficient (Wildman–Crippen LogP) is 5.46. The number of carbonyl (C=O) groups excluding carboxylic acids is 1. The molecular weight excluding hydrogens is 366 g/mol. The minimum atomic E-state index is -0.248. The molecular formula is C24H23NO4. The third-order valence-corrected chi connectivity index (χ3v) is 4.20. The Balaban J connectivity index is 1.63. The molecule has 0 aliphatic carbocycles.